The Morgan fingerprint density at radius 3 is 1.86 bits per heavy atom. The summed E-state index contributed by atoms with van der Waals surface area (Å²) in [6, 6.07) is 0. The largest absolute Gasteiger partial charge is 0.461 e. The lowest BCUT2D eigenvalue weighted by Crippen LogP contribution is -2.56. The Bertz CT molecular complexity index is 1420. The number of hydrogen-bond donors (Lipinski definition) is 1. The van der Waals surface area contributed by atoms with Crippen LogP contribution in [0.15, 0.2) is 96.7 Å². The molecule has 1 rings (SSSR count). The number of carbonyl (C=O) groups is 7. The molecule has 0 aromatic carbocycles. The van der Waals surface area contributed by atoms with Crippen molar-refractivity contribution in [3.05, 3.63) is 96.7 Å². The summed E-state index contributed by atoms with van der Waals surface area (Å²) in [6.45, 7) is 21.7. The second-order valence-electron chi connectivity index (χ2n) is 9.53. The summed E-state index contributed by atoms with van der Waals surface area (Å²) >= 11 is 0. The predicted octanol–water partition coefficient (Wildman–Crippen LogP) is 2.96. The first kappa shape index (κ1) is 36.8. The fourth-order valence-electron chi connectivity index (χ4n) is 4.51. The van der Waals surface area contributed by atoms with E-state index >= 15 is 0 Å². The van der Waals surface area contributed by atoms with Gasteiger partial charge in [0.1, 0.15) is 19.8 Å². The van der Waals surface area contributed by atoms with E-state index in [1.807, 2.05) is 0 Å². The molecule has 234 valence electrons. The Balaban J connectivity index is 3.98. The van der Waals surface area contributed by atoms with E-state index in [0.29, 0.717) is 0 Å². The summed E-state index contributed by atoms with van der Waals surface area (Å²) in [5, 5.41) is 2.49. The SMILES string of the molecule is C=CC(=O)C1=C(C)C(C(=O)C=C)(C(=O)OCCOC(=O)C(=C)C)C(C(=O)NCCOC(=O)C(=C)C)C(C(=O)/C=C/C)=C1C=C. The molecule has 0 saturated carbocycles. The Morgan fingerprint density at radius 1 is 0.841 bits per heavy atom. The van der Waals surface area contributed by atoms with Crippen molar-refractivity contribution in [2.24, 2.45) is 11.3 Å². The van der Waals surface area contributed by atoms with E-state index in [0.717, 1.165) is 24.3 Å². The minimum Gasteiger partial charge on any atom is -0.461 e. The molecular weight excluding hydrogens is 570 g/mol. The van der Waals surface area contributed by atoms with E-state index in [-0.39, 0.29) is 41.0 Å². The Hall–Kier alpha value is -5.19. The number of rotatable bonds is 17. The number of ether oxygens (including phenoxy) is 3. The lowest BCUT2D eigenvalue weighted by Gasteiger charge is -2.42. The third-order valence-electron chi connectivity index (χ3n) is 6.51. The van der Waals surface area contributed by atoms with Gasteiger partial charge in [0.25, 0.3) is 0 Å². The van der Waals surface area contributed by atoms with Crippen LogP contribution in [0.1, 0.15) is 27.7 Å². The predicted molar refractivity (Wildman–Crippen MR) is 162 cm³/mol. The Labute approximate surface area is 256 Å². The average Bonchev–Trinajstić information content (AvgIpc) is 2.99. The van der Waals surface area contributed by atoms with Crippen LogP contribution in [0.2, 0.25) is 0 Å². The van der Waals surface area contributed by atoms with Crippen LogP contribution in [0.3, 0.4) is 0 Å². The minimum absolute atomic E-state index is 0.0909. The Morgan fingerprint density at radius 2 is 1.39 bits per heavy atom. The number of hydrogen-bond acceptors (Lipinski definition) is 10. The molecule has 0 fully saturated rings. The van der Waals surface area contributed by atoms with Gasteiger partial charge in [0, 0.05) is 22.3 Å². The molecule has 0 radical (unpaired) electrons. The highest BCUT2D eigenvalue weighted by Crippen LogP contribution is 2.51. The molecule has 0 aromatic rings. The maximum absolute atomic E-state index is 14.0. The third-order valence-corrected chi connectivity index (χ3v) is 6.51. The van der Waals surface area contributed by atoms with Crippen LogP contribution in [0.5, 0.6) is 0 Å². The zero-order valence-electron chi connectivity index (χ0n) is 25.4. The van der Waals surface area contributed by atoms with Crippen molar-refractivity contribution in [1.29, 1.82) is 0 Å². The molecular formula is C33H37NO10. The highest BCUT2D eigenvalue weighted by molar-refractivity contribution is 6.23. The molecule has 2 unspecified atom stereocenters. The third kappa shape index (κ3) is 7.80. The fraction of sp³-hybridized carbons (Fsp3) is 0.303. The summed E-state index contributed by atoms with van der Waals surface area (Å²) in [5.74, 6) is -8.33. The van der Waals surface area contributed by atoms with Crippen molar-refractivity contribution < 1.29 is 47.8 Å². The summed E-state index contributed by atoms with van der Waals surface area (Å²) in [6.07, 6.45) is 5.31. The first-order valence-electron chi connectivity index (χ1n) is 13.4. The van der Waals surface area contributed by atoms with Gasteiger partial charge in [0.15, 0.2) is 22.8 Å². The van der Waals surface area contributed by atoms with Crippen molar-refractivity contribution in [2.45, 2.75) is 27.7 Å². The maximum Gasteiger partial charge on any atom is 0.333 e. The monoisotopic (exact) mass is 607 g/mol. The molecule has 0 heterocycles. The van der Waals surface area contributed by atoms with Gasteiger partial charge in [0.05, 0.1) is 12.5 Å². The smallest absolute Gasteiger partial charge is 0.333 e. The summed E-state index contributed by atoms with van der Waals surface area (Å²) in [4.78, 5) is 92.2. The molecule has 11 heteroatoms. The molecule has 44 heavy (non-hydrogen) atoms. The van der Waals surface area contributed by atoms with Gasteiger partial charge in [-0.15, -0.1) is 0 Å². The molecule has 0 aromatic heterocycles. The molecule has 1 aliphatic carbocycles. The molecule has 0 aliphatic heterocycles. The standard InChI is InChI=1S/C33H37NO10/c1-10-14-24(36)27-22(11-2)26(23(35)12-3)21(9)33(25(37)13-4,32(41)44-18-17-43-31(40)20(7)8)28(27)29(38)34-15-16-42-30(39)19(5)6/h10-14,28H,2-5,7,15-18H2,1,6,8-9H3,(H,34,38)/b14-10+. The maximum atomic E-state index is 14.0. The summed E-state index contributed by atoms with van der Waals surface area (Å²) in [7, 11) is 0. The van der Waals surface area contributed by atoms with Crippen LogP contribution in [0.25, 0.3) is 0 Å². The lowest BCUT2D eigenvalue weighted by molar-refractivity contribution is -0.164. The zero-order valence-corrected chi connectivity index (χ0v) is 25.4. The number of carbonyl (C=O) groups excluding carboxylic acids is 7. The van der Waals surface area contributed by atoms with Crippen LogP contribution >= 0.6 is 0 Å². The van der Waals surface area contributed by atoms with E-state index in [9.17, 15) is 33.6 Å². The zero-order chi connectivity index (χ0) is 33.8. The molecule has 0 bridgehead atoms. The first-order chi connectivity index (χ1) is 20.7. The summed E-state index contributed by atoms with van der Waals surface area (Å²) in [5.41, 5.74) is -3.39. The van der Waals surface area contributed by atoms with Gasteiger partial charge in [-0.05, 0) is 57.1 Å². The molecule has 2 atom stereocenters. The van der Waals surface area contributed by atoms with Gasteiger partial charge < -0.3 is 19.5 Å². The van der Waals surface area contributed by atoms with Crippen LogP contribution < -0.4 is 5.32 Å². The summed E-state index contributed by atoms with van der Waals surface area (Å²) < 4.78 is 15.3. The van der Waals surface area contributed by atoms with Crippen LogP contribution in [0, 0.1) is 11.3 Å². The topological polar surface area (TPSA) is 159 Å². The van der Waals surface area contributed by atoms with Crippen molar-refractivity contribution >= 4 is 41.2 Å². The number of allylic oxidation sites excluding steroid dienone is 7. The van der Waals surface area contributed by atoms with Gasteiger partial charge in [-0.3, -0.25) is 24.0 Å². The highest BCUT2D eigenvalue weighted by Gasteiger charge is 2.62. The van der Waals surface area contributed by atoms with Gasteiger partial charge in [-0.25, -0.2) is 9.59 Å². The van der Waals surface area contributed by atoms with Crippen LogP contribution in [-0.4, -0.2) is 67.5 Å². The molecule has 1 aliphatic rings. The number of nitrogens with one attached hydrogen (secondary N) is 1. The lowest BCUT2D eigenvalue weighted by atomic mass is 9.57. The van der Waals surface area contributed by atoms with Crippen LogP contribution in [-0.2, 0) is 47.8 Å². The second kappa shape index (κ2) is 16.4. The van der Waals surface area contributed by atoms with E-state index in [1.165, 1.54) is 33.8 Å². The van der Waals surface area contributed by atoms with Crippen molar-refractivity contribution in [2.75, 3.05) is 26.4 Å². The first-order valence-corrected chi connectivity index (χ1v) is 13.4. The molecule has 0 saturated heterocycles. The fourth-order valence-corrected chi connectivity index (χ4v) is 4.51. The second-order valence-corrected chi connectivity index (χ2v) is 9.53. The number of ketones is 3. The van der Waals surface area contributed by atoms with E-state index in [2.05, 4.69) is 38.2 Å². The molecule has 1 N–H and O–H groups in total. The van der Waals surface area contributed by atoms with Crippen molar-refractivity contribution in [3.8, 4) is 0 Å². The molecule has 1 amide bonds. The van der Waals surface area contributed by atoms with Crippen molar-refractivity contribution in [3.63, 3.8) is 0 Å². The molecule has 0 spiro atoms. The average molecular weight is 608 g/mol. The van der Waals surface area contributed by atoms with E-state index in [4.69, 9.17) is 14.2 Å². The van der Waals surface area contributed by atoms with Crippen molar-refractivity contribution in [1.82, 2.24) is 5.32 Å². The van der Waals surface area contributed by atoms with E-state index < -0.39 is 71.3 Å². The quantitative estimate of drug-likeness (QED) is 0.0856. The Kier molecular flexibility index (Phi) is 13.8. The molecule has 11 nitrogen and oxygen atoms in total. The van der Waals surface area contributed by atoms with Crippen LogP contribution in [0.4, 0.5) is 0 Å². The van der Waals surface area contributed by atoms with Gasteiger partial charge in [-0.2, -0.15) is 0 Å². The van der Waals surface area contributed by atoms with Gasteiger partial charge in [-0.1, -0.05) is 45.0 Å². The minimum atomic E-state index is -2.62. The normalized spacial score (nSPS) is 17.7. The number of amides is 1. The van der Waals surface area contributed by atoms with Gasteiger partial charge in [0.2, 0.25) is 5.91 Å². The van der Waals surface area contributed by atoms with Gasteiger partial charge >= 0.3 is 17.9 Å². The highest BCUT2D eigenvalue weighted by atomic mass is 16.6. The number of esters is 3. The van der Waals surface area contributed by atoms with E-state index in [1.54, 1.807) is 0 Å².